The highest BCUT2D eigenvalue weighted by molar-refractivity contribution is 5.52. The monoisotopic (exact) mass is 401 g/mol. The zero-order chi connectivity index (χ0) is 20.5. The van der Waals surface area contributed by atoms with Crippen molar-refractivity contribution in [2.24, 2.45) is 5.92 Å². The molecule has 5 rings (SSSR count). The third-order valence-corrected chi connectivity index (χ3v) is 7.40. The first-order chi connectivity index (χ1) is 14.8. The molecule has 3 aliphatic heterocycles. The van der Waals surface area contributed by atoms with Crippen LogP contribution in [0.25, 0.3) is 0 Å². The van der Waals surface area contributed by atoms with Crippen LogP contribution in [0.3, 0.4) is 0 Å². The zero-order valence-electron chi connectivity index (χ0n) is 17.8. The van der Waals surface area contributed by atoms with Gasteiger partial charge in [-0.15, -0.1) is 0 Å². The van der Waals surface area contributed by atoms with Crippen LogP contribution in [0.2, 0.25) is 0 Å². The Morgan fingerprint density at radius 1 is 1.10 bits per heavy atom. The van der Waals surface area contributed by atoms with E-state index in [2.05, 4.69) is 82.8 Å². The maximum absolute atomic E-state index is 11.9. The van der Waals surface area contributed by atoms with Crippen molar-refractivity contribution < 1.29 is 4.79 Å². The quantitative estimate of drug-likeness (QED) is 0.768. The number of rotatable bonds is 4. The molecule has 2 aromatic carbocycles. The van der Waals surface area contributed by atoms with E-state index in [1.165, 1.54) is 16.7 Å². The van der Waals surface area contributed by atoms with Gasteiger partial charge in [0, 0.05) is 19.1 Å². The fourth-order valence-corrected chi connectivity index (χ4v) is 5.81. The van der Waals surface area contributed by atoms with E-state index >= 15 is 0 Å². The summed E-state index contributed by atoms with van der Waals surface area (Å²) < 4.78 is 0. The van der Waals surface area contributed by atoms with Crippen LogP contribution in [0.5, 0.6) is 0 Å². The van der Waals surface area contributed by atoms with E-state index in [-0.39, 0.29) is 6.04 Å². The van der Waals surface area contributed by atoms with Crippen molar-refractivity contribution in [3.05, 3.63) is 77.0 Å². The number of hydrogen-bond acceptors (Lipinski definition) is 4. The minimum atomic E-state index is 0.199. The van der Waals surface area contributed by atoms with Crippen molar-refractivity contribution in [2.45, 2.75) is 57.2 Å². The van der Waals surface area contributed by atoms with Crippen molar-refractivity contribution in [1.82, 2.24) is 15.3 Å². The third kappa shape index (κ3) is 3.50. The number of fused-ring (bicyclic) bond motifs is 4. The van der Waals surface area contributed by atoms with Gasteiger partial charge in [0.15, 0.2) is 0 Å². The Morgan fingerprint density at radius 2 is 1.90 bits per heavy atom. The summed E-state index contributed by atoms with van der Waals surface area (Å²) in [4.78, 5) is 14.6. The highest BCUT2D eigenvalue weighted by Gasteiger charge is 2.44. The third-order valence-electron chi connectivity index (χ3n) is 7.40. The Hall–Kier alpha value is -2.39. The number of nitrogens with zero attached hydrogens (tertiary/aromatic N) is 2. The lowest BCUT2D eigenvalue weighted by Gasteiger charge is -2.53. The Bertz CT molecular complexity index is 936. The predicted octanol–water partition coefficient (Wildman–Crippen LogP) is 4.44. The van der Waals surface area contributed by atoms with Gasteiger partial charge in [-0.25, -0.2) is 10.2 Å². The van der Waals surface area contributed by atoms with Gasteiger partial charge in [0.25, 0.3) is 0 Å². The van der Waals surface area contributed by atoms with E-state index in [1.807, 2.05) is 0 Å². The number of nitrogens with one attached hydrogen (secondary N) is 1. The zero-order valence-corrected chi connectivity index (χ0v) is 17.8. The number of hydrogen-bond donors (Lipinski definition) is 1. The summed E-state index contributed by atoms with van der Waals surface area (Å²) in [6.45, 7) is 4.47. The lowest BCUT2D eigenvalue weighted by molar-refractivity contribution is -0.0202. The van der Waals surface area contributed by atoms with Gasteiger partial charge in [0.2, 0.25) is 0 Å². The molecule has 0 bridgehead atoms. The molecule has 4 heteroatoms. The topological polar surface area (TPSA) is 35.6 Å². The molecule has 0 aliphatic carbocycles. The van der Waals surface area contributed by atoms with Gasteiger partial charge in [-0.3, -0.25) is 9.91 Å². The van der Waals surface area contributed by atoms with E-state index in [0.717, 1.165) is 50.9 Å². The van der Waals surface area contributed by atoms with Crippen LogP contribution in [0, 0.1) is 5.92 Å². The summed E-state index contributed by atoms with van der Waals surface area (Å²) in [6, 6.07) is 20.5. The van der Waals surface area contributed by atoms with Gasteiger partial charge < -0.3 is 0 Å². The van der Waals surface area contributed by atoms with Crippen molar-refractivity contribution in [3.63, 3.8) is 0 Å². The molecule has 3 heterocycles. The van der Waals surface area contributed by atoms with Gasteiger partial charge in [-0.05, 0) is 54.7 Å². The molecule has 0 unspecified atom stereocenters. The molecule has 2 aromatic rings. The summed E-state index contributed by atoms with van der Waals surface area (Å²) in [5.74, 6) is 2.86. The van der Waals surface area contributed by atoms with Crippen molar-refractivity contribution in [1.29, 1.82) is 0 Å². The van der Waals surface area contributed by atoms with Gasteiger partial charge in [-0.1, -0.05) is 61.5 Å². The van der Waals surface area contributed by atoms with Gasteiger partial charge in [0.1, 0.15) is 11.6 Å². The molecule has 30 heavy (non-hydrogen) atoms. The lowest BCUT2D eigenvalue weighted by atomic mass is 9.76. The Labute approximate surface area is 179 Å². The second-order valence-corrected chi connectivity index (χ2v) is 8.98. The molecule has 4 atom stereocenters. The van der Waals surface area contributed by atoms with E-state index in [9.17, 15) is 4.79 Å². The molecule has 0 amide bonds. The Balaban J connectivity index is 1.44. The van der Waals surface area contributed by atoms with Crippen LogP contribution < -0.4 is 5.43 Å². The first-order valence-electron chi connectivity index (χ1n) is 11.4. The molecular formula is C26H31N3O. The average Bonchev–Trinajstić information content (AvgIpc) is 2.81. The molecule has 0 saturated carbocycles. The van der Waals surface area contributed by atoms with E-state index in [4.69, 9.17) is 0 Å². The van der Waals surface area contributed by atoms with E-state index in [1.54, 1.807) is 0 Å². The number of carbonyl (C=O) groups excluding carboxylic acids is 1. The second-order valence-electron chi connectivity index (χ2n) is 8.98. The van der Waals surface area contributed by atoms with Crippen LogP contribution in [-0.4, -0.2) is 35.0 Å². The fourth-order valence-electron chi connectivity index (χ4n) is 5.81. The molecular weight excluding hydrogens is 370 g/mol. The summed E-state index contributed by atoms with van der Waals surface area (Å²) in [7, 11) is 0. The van der Waals surface area contributed by atoms with Crippen molar-refractivity contribution in [2.75, 3.05) is 13.1 Å². The minimum Gasteiger partial charge on any atom is -0.298 e. The van der Waals surface area contributed by atoms with E-state index < -0.39 is 0 Å². The molecule has 4 nitrogen and oxygen atoms in total. The molecule has 0 aromatic heterocycles. The van der Waals surface area contributed by atoms with E-state index in [0.29, 0.717) is 18.0 Å². The van der Waals surface area contributed by atoms with Crippen molar-refractivity contribution in [3.8, 4) is 0 Å². The molecule has 3 aliphatic rings. The van der Waals surface area contributed by atoms with Gasteiger partial charge in [-0.2, -0.15) is 0 Å². The summed E-state index contributed by atoms with van der Waals surface area (Å²) in [6.07, 6.45) is 5.09. The number of allylic oxidation sites excluding steroid dienone is 1. The molecule has 2 saturated heterocycles. The largest absolute Gasteiger partial charge is 0.298 e. The van der Waals surface area contributed by atoms with Crippen LogP contribution >= 0.6 is 0 Å². The van der Waals surface area contributed by atoms with Gasteiger partial charge >= 0.3 is 0 Å². The van der Waals surface area contributed by atoms with Crippen LogP contribution in [0.15, 0.2) is 60.3 Å². The van der Waals surface area contributed by atoms with Crippen LogP contribution in [-0.2, 0) is 11.2 Å². The number of benzene rings is 2. The molecule has 0 spiro atoms. The Kier molecular flexibility index (Phi) is 5.47. The normalized spacial score (nSPS) is 26.9. The van der Waals surface area contributed by atoms with Crippen LogP contribution in [0.4, 0.5) is 0 Å². The summed E-state index contributed by atoms with van der Waals surface area (Å²) in [5, 5.41) is 2.22. The second kappa shape index (κ2) is 8.39. The highest BCUT2D eigenvalue weighted by atomic mass is 16.1. The summed E-state index contributed by atoms with van der Waals surface area (Å²) in [5.41, 5.74) is 8.80. The first-order valence-corrected chi connectivity index (χ1v) is 11.4. The lowest BCUT2D eigenvalue weighted by Crippen LogP contribution is -2.59. The average molecular weight is 402 g/mol. The molecule has 2 fully saturated rings. The molecule has 0 radical (unpaired) electrons. The standard InChI is InChI=1S/C26H31N3O/c1-2-24(20-9-4-3-5-10-20)27-29-22(18-30)13-12-21-17-28-15-14-19-8-6-7-11-23(19)26(28)16-25(21)29/h3-11,21,24-27H,2,12-17H2,1H3/t21-,24+,25+,26+/m0/s1. The number of hydrazine groups is 1. The maximum Gasteiger partial charge on any atom is 0.147 e. The summed E-state index contributed by atoms with van der Waals surface area (Å²) >= 11 is 0. The van der Waals surface area contributed by atoms with Gasteiger partial charge in [0.05, 0.1) is 12.1 Å². The molecule has 156 valence electrons. The fraction of sp³-hybridized carbons (Fsp3) is 0.462. The first kappa shape index (κ1) is 19.6. The Morgan fingerprint density at radius 3 is 2.70 bits per heavy atom. The SMILES string of the molecule is CC[C@@H](NN1C(=C=O)CC[C@H]2CN3CCc4ccccc4[C@H]3C[C@H]21)c1ccccc1. The molecule has 1 N–H and O–H groups in total. The highest BCUT2D eigenvalue weighted by Crippen LogP contribution is 2.44. The van der Waals surface area contributed by atoms with Crippen molar-refractivity contribution >= 4 is 5.94 Å². The minimum absolute atomic E-state index is 0.199. The predicted molar refractivity (Wildman–Crippen MR) is 119 cm³/mol. The smallest absolute Gasteiger partial charge is 0.147 e. The van der Waals surface area contributed by atoms with Crippen LogP contribution in [0.1, 0.15) is 61.4 Å². The number of piperidine rings is 2. The maximum atomic E-state index is 11.9.